The molecule has 1 N–H and O–H groups in total. The Bertz CT molecular complexity index is 869. The van der Waals surface area contributed by atoms with E-state index in [1.165, 1.54) is 6.08 Å². The van der Waals surface area contributed by atoms with Crippen molar-refractivity contribution in [2.24, 2.45) is 0 Å². The molecule has 0 unspecified atom stereocenters. The van der Waals surface area contributed by atoms with E-state index in [1.54, 1.807) is 30.5 Å². The standard InChI is InChI=1S/C17H13Cl2N3O/c18-13-4-1-12(2-5-13)3-8-17(23)20-9-15-11-22-10-14(19)6-7-16(22)21-15/h1-8,10-11H,9H2,(H,20,23)/b8-3+. The lowest BCUT2D eigenvalue weighted by Crippen LogP contribution is -2.20. The minimum atomic E-state index is -0.185. The zero-order valence-corrected chi connectivity index (χ0v) is 13.6. The summed E-state index contributed by atoms with van der Waals surface area (Å²) >= 11 is 11.7. The van der Waals surface area contributed by atoms with E-state index in [1.807, 2.05) is 28.8 Å². The number of imidazole rings is 1. The lowest BCUT2D eigenvalue weighted by atomic mass is 10.2. The molecule has 1 aromatic carbocycles. The van der Waals surface area contributed by atoms with Gasteiger partial charge in [0.15, 0.2) is 0 Å². The quantitative estimate of drug-likeness (QED) is 0.727. The number of halogens is 2. The van der Waals surface area contributed by atoms with Crippen molar-refractivity contribution in [3.05, 3.63) is 76.2 Å². The van der Waals surface area contributed by atoms with Gasteiger partial charge in [-0.15, -0.1) is 0 Å². The molecule has 0 aliphatic rings. The van der Waals surface area contributed by atoms with Crippen molar-refractivity contribution in [3.63, 3.8) is 0 Å². The molecule has 0 bridgehead atoms. The first-order valence-electron chi connectivity index (χ1n) is 6.95. The molecule has 3 aromatic rings. The Balaban J connectivity index is 1.60. The summed E-state index contributed by atoms with van der Waals surface area (Å²) < 4.78 is 1.83. The van der Waals surface area contributed by atoms with Crippen LogP contribution in [0, 0.1) is 0 Å². The van der Waals surface area contributed by atoms with Crippen LogP contribution in [-0.4, -0.2) is 15.3 Å². The van der Waals surface area contributed by atoms with Gasteiger partial charge >= 0.3 is 0 Å². The van der Waals surface area contributed by atoms with E-state index in [-0.39, 0.29) is 5.91 Å². The van der Waals surface area contributed by atoms with Gasteiger partial charge in [0.1, 0.15) is 5.65 Å². The lowest BCUT2D eigenvalue weighted by Gasteiger charge is -1.98. The average Bonchev–Trinajstić information content (AvgIpc) is 2.94. The van der Waals surface area contributed by atoms with Crippen molar-refractivity contribution >= 4 is 40.8 Å². The first-order chi connectivity index (χ1) is 11.1. The Hall–Kier alpha value is -2.30. The second-order valence-corrected chi connectivity index (χ2v) is 5.82. The summed E-state index contributed by atoms with van der Waals surface area (Å²) in [5.41, 5.74) is 2.46. The molecule has 2 heterocycles. The number of amides is 1. The Morgan fingerprint density at radius 3 is 2.61 bits per heavy atom. The highest BCUT2D eigenvalue weighted by Gasteiger charge is 2.03. The van der Waals surface area contributed by atoms with Crippen LogP contribution in [0.3, 0.4) is 0 Å². The fourth-order valence-corrected chi connectivity index (χ4v) is 2.38. The number of benzene rings is 1. The number of carbonyl (C=O) groups excluding carboxylic acids is 1. The van der Waals surface area contributed by atoms with Gasteiger partial charge < -0.3 is 9.72 Å². The van der Waals surface area contributed by atoms with E-state index in [9.17, 15) is 4.79 Å². The van der Waals surface area contributed by atoms with Gasteiger partial charge in [-0.1, -0.05) is 35.3 Å². The zero-order valence-electron chi connectivity index (χ0n) is 12.0. The van der Waals surface area contributed by atoms with Crippen LogP contribution in [0.2, 0.25) is 10.0 Å². The largest absolute Gasteiger partial charge is 0.347 e. The summed E-state index contributed by atoms with van der Waals surface area (Å²) in [6, 6.07) is 10.9. The molecule has 3 rings (SSSR count). The number of hydrogen-bond acceptors (Lipinski definition) is 2. The Labute approximate surface area is 143 Å². The van der Waals surface area contributed by atoms with Crippen LogP contribution < -0.4 is 5.32 Å². The number of rotatable bonds is 4. The fourth-order valence-electron chi connectivity index (χ4n) is 2.08. The summed E-state index contributed by atoms with van der Waals surface area (Å²) in [6.07, 6.45) is 6.82. The molecule has 6 heteroatoms. The fraction of sp³-hybridized carbons (Fsp3) is 0.0588. The maximum atomic E-state index is 11.8. The normalized spacial score (nSPS) is 11.2. The molecule has 4 nitrogen and oxygen atoms in total. The predicted molar refractivity (Wildman–Crippen MR) is 92.5 cm³/mol. The van der Waals surface area contributed by atoms with Crippen LogP contribution in [0.4, 0.5) is 0 Å². The maximum absolute atomic E-state index is 11.8. The third-order valence-electron chi connectivity index (χ3n) is 3.21. The van der Waals surface area contributed by atoms with Crippen LogP contribution in [0.1, 0.15) is 11.3 Å². The molecule has 0 aliphatic carbocycles. The van der Waals surface area contributed by atoms with E-state index < -0.39 is 0 Å². The third-order valence-corrected chi connectivity index (χ3v) is 3.68. The molecular weight excluding hydrogens is 333 g/mol. The molecule has 0 atom stereocenters. The highest BCUT2D eigenvalue weighted by atomic mass is 35.5. The molecule has 0 saturated carbocycles. The van der Waals surface area contributed by atoms with Crippen molar-refractivity contribution in [2.75, 3.05) is 0 Å². The van der Waals surface area contributed by atoms with Gasteiger partial charge in [-0.25, -0.2) is 4.98 Å². The number of nitrogens with zero attached hydrogens (tertiary/aromatic N) is 2. The number of carbonyl (C=O) groups is 1. The van der Waals surface area contributed by atoms with Gasteiger partial charge in [-0.2, -0.15) is 0 Å². The molecule has 0 saturated heterocycles. The smallest absolute Gasteiger partial charge is 0.244 e. The number of hydrogen-bond donors (Lipinski definition) is 1. The van der Waals surface area contributed by atoms with Crippen molar-refractivity contribution in [3.8, 4) is 0 Å². The topological polar surface area (TPSA) is 46.4 Å². The maximum Gasteiger partial charge on any atom is 0.244 e. The summed E-state index contributed by atoms with van der Waals surface area (Å²) in [5, 5.41) is 4.10. The van der Waals surface area contributed by atoms with Crippen LogP contribution >= 0.6 is 23.2 Å². The first-order valence-corrected chi connectivity index (χ1v) is 7.70. The summed E-state index contributed by atoms with van der Waals surface area (Å²) in [7, 11) is 0. The van der Waals surface area contributed by atoms with Crippen molar-refractivity contribution in [2.45, 2.75) is 6.54 Å². The summed E-state index contributed by atoms with van der Waals surface area (Å²) in [4.78, 5) is 16.3. The van der Waals surface area contributed by atoms with Crippen LogP contribution in [-0.2, 0) is 11.3 Å². The molecule has 116 valence electrons. The number of fused-ring (bicyclic) bond motifs is 1. The second kappa shape index (κ2) is 6.86. The average molecular weight is 346 g/mol. The molecule has 2 aromatic heterocycles. The summed E-state index contributed by atoms with van der Waals surface area (Å²) in [6.45, 7) is 0.350. The number of nitrogens with one attached hydrogen (secondary N) is 1. The van der Waals surface area contributed by atoms with Crippen LogP contribution in [0.15, 0.2) is 54.9 Å². The van der Waals surface area contributed by atoms with Gasteiger partial charge in [-0.3, -0.25) is 4.79 Å². The molecule has 0 fully saturated rings. The summed E-state index contributed by atoms with van der Waals surface area (Å²) in [5.74, 6) is -0.185. The SMILES string of the molecule is O=C(/C=C/c1ccc(Cl)cc1)NCc1cn2cc(Cl)ccc2n1. The Kier molecular flexibility index (Phi) is 4.65. The highest BCUT2D eigenvalue weighted by Crippen LogP contribution is 2.12. The van der Waals surface area contributed by atoms with Gasteiger partial charge in [0.05, 0.1) is 17.3 Å². The Morgan fingerprint density at radius 1 is 1.09 bits per heavy atom. The van der Waals surface area contributed by atoms with Crippen molar-refractivity contribution in [1.29, 1.82) is 0 Å². The minimum absolute atomic E-state index is 0.185. The molecule has 23 heavy (non-hydrogen) atoms. The predicted octanol–water partition coefficient (Wildman–Crippen LogP) is 3.97. The first kappa shape index (κ1) is 15.6. The molecule has 0 spiro atoms. The third kappa shape index (κ3) is 4.12. The zero-order chi connectivity index (χ0) is 16.2. The Morgan fingerprint density at radius 2 is 1.83 bits per heavy atom. The van der Waals surface area contributed by atoms with Crippen molar-refractivity contribution < 1.29 is 4.79 Å². The van der Waals surface area contributed by atoms with Gasteiger partial charge in [0, 0.05) is 23.5 Å². The van der Waals surface area contributed by atoms with E-state index >= 15 is 0 Å². The lowest BCUT2D eigenvalue weighted by molar-refractivity contribution is -0.116. The molecule has 0 radical (unpaired) electrons. The van der Waals surface area contributed by atoms with E-state index in [0.717, 1.165) is 16.9 Å². The minimum Gasteiger partial charge on any atom is -0.347 e. The second-order valence-electron chi connectivity index (χ2n) is 4.95. The van der Waals surface area contributed by atoms with Gasteiger partial charge in [-0.05, 0) is 35.9 Å². The van der Waals surface area contributed by atoms with Crippen molar-refractivity contribution in [1.82, 2.24) is 14.7 Å². The van der Waals surface area contributed by atoms with Gasteiger partial charge in [0.2, 0.25) is 5.91 Å². The van der Waals surface area contributed by atoms with Crippen LogP contribution in [0.5, 0.6) is 0 Å². The highest BCUT2D eigenvalue weighted by molar-refractivity contribution is 6.30. The monoisotopic (exact) mass is 345 g/mol. The van der Waals surface area contributed by atoms with Gasteiger partial charge in [0.25, 0.3) is 0 Å². The number of aromatic nitrogens is 2. The number of pyridine rings is 1. The molecular formula is C17H13Cl2N3O. The molecule has 0 aliphatic heterocycles. The van der Waals surface area contributed by atoms with E-state index in [4.69, 9.17) is 23.2 Å². The molecule has 1 amide bonds. The van der Waals surface area contributed by atoms with E-state index in [0.29, 0.717) is 16.6 Å². The van der Waals surface area contributed by atoms with Crippen LogP contribution in [0.25, 0.3) is 11.7 Å². The van der Waals surface area contributed by atoms with E-state index in [2.05, 4.69) is 10.3 Å².